The van der Waals surface area contributed by atoms with Crippen molar-refractivity contribution in [2.75, 3.05) is 0 Å². The summed E-state index contributed by atoms with van der Waals surface area (Å²) in [4.78, 5) is 0. The van der Waals surface area contributed by atoms with Gasteiger partial charge in [0.25, 0.3) is 0 Å². The summed E-state index contributed by atoms with van der Waals surface area (Å²) in [6.07, 6.45) is 9.03. The maximum absolute atomic E-state index is 5.55. The molecule has 1 saturated carbocycles. The van der Waals surface area contributed by atoms with Crippen LogP contribution in [-0.4, -0.2) is 6.10 Å². The molecular formula is C10H18O. The summed E-state index contributed by atoms with van der Waals surface area (Å²) < 4.78 is 5.55. The van der Waals surface area contributed by atoms with Gasteiger partial charge in [0, 0.05) is 0 Å². The van der Waals surface area contributed by atoms with Crippen LogP contribution in [0.25, 0.3) is 0 Å². The van der Waals surface area contributed by atoms with E-state index < -0.39 is 0 Å². The van der Waals surface area contributed by atoms with Gasteiger partial charge in [0.2, 0.25) is 0 Å². The smallest absolute Gasteiger partial charge is 0.0840 e. The number of unbranched alkanes of at least 4 members (excludes halogenated alkanes) is 2. The molecule has 0 saturated heterocycles. The Morgan fingerprint density at radius 2 is 2.09 bits per heavy atom. The van der Waals surface area contributed by atoms with Crippen LogP contribution < -0.4 is 0 Å². The first-order valence-electron chi connectivity index (χ1n) is 4.70. The Kier molecular flexibility index (Phi) is 4.60. The molecule has 64 valence electrons. The van der Waals surface area contributed by atoms with Gasteiger partial charge in [-0.15, -0.1) is 0 Å². The van der Waals surface area contributed by atoms with Crippen LogP contribution in [0.4, 0.5) is 0 Å². The summed E-state index contributed by atoms with van der Waals surface area (Å²) in [5.74, 6) is 0. The fourth-order valence-corrected chi connectivity index (χ4v) is 1.46. The van der Waals surface area contributed by atoms with Crippen molar-refractivity contribution in [2.45, 2.75) is 51.0 Å². The summed E-state index contributed by atoms with van der Waals surface area (Å²) in [5, 5.41) is 0. The molecule has 0 bridgehead atoms. The largest absolute Gasteiger partial charge is 0.372 e. The minimum atomic E-state index is 0.541. The van der Waals surface area contributed by atoms with Crippen molar-refractivity contribution in [2.24, 2.45) is 0 Å². The Balaban J connectivity index is 1.86. The van der Waals surface area contributed by atoms with Gasteiger partial charge < -0.3 is 4.74 Å². The SMILES string of the molecule is [CH2]CCC[CH]OC1CCCC1. The molecule has 1 nitrogen and oxygen atoms in total. The van der Waals surface area contributed by atoms with Crippen molar-refractivity contribution < 1.29 is 4.74 Å². The lowest BCUT2D eigenvalue weighted by atomic mass is 10.2. The third kappa shape index (κ3) is 3.76. The predicted molar refractivity (Wildman–Crippen MR) is 46.8 cm³/mol. The molecule has 1 aliphatic carbocycles. The molecule has 1 heteroatoms. The Morgan fingerprint density at radius 1 is 1.36 bits per heavy atom. The third-order valence-electron chi connectivity index (χ3n) is 2.16. The van der Waals surface area contributed by atoms with Gasteiger partial charge >= 0.3 is 0 Å². The molecule has 0 atom stereocenters. The topological polar surface area (TPSA) is 9.23 Å². The van der Waals surface area contributed by atoms with Crippen LogP contribution in [-0.2, 0) is 4.74 Å². The summed E-state index contributed by atoms with van der Waals surface area (Å²) in [5.41, 5.74) is 0. The fourth-order valence-electron chi connectivity index (χ4n) is 1.46. The van der Waals surface area contributed by atoms with E-state index in [-0.39, 0.29) is 0 Å². The Morgan fingerprint density at radius 3 is 2.73 bits per heavy atom. The molecule has 1 aliphatic rings. The first kappa shape index (κ1) is 9.05. The van der Waals surface area contributed by atoms with Crippen LogP contribution in [0, 0.1) is 13.5 Å². The van der Waals surface area contributed by atoms with Crippen LogP contribution in [0.2, 0.25) is 0 Å². The van der Waals surface area contributed by atoms with Crippen LogP contribution in [0.1, 0.15) is 44.9 Å². The van der Waals surface area contributed by atoms with Gasteiger partial charge in [0.15, 0.2) is 0 Å². The fraction of sp³-hybridized carbons (Fsp3) is 0.800. The minimum Gasteiger partial charge on any atom is -0.372 e. The van der Waals surface area contributed by atoms with Crippen LogP contribution in [0.15, 0.2) is 0 Å². The van der Waals surface area contributed by atoms with Gasteiger partial charge in [0.1, 0.15) is 0 Å². The van der Waals surface area contributed by atoms with Crippen molar-refractivity contribution in [1.82, 2.24) is 0 Å². The molecule has 0 aromatic carbocycles. The molecule has 0 aromatic heterocycles. The molecule has 0 heterocycles. The second-order valence-electron chi connectivity index (χ2n) is 3.20. The van der Waals surface area contributed by atoms with E-state index in [0.29, 0.717) is 6.10 Å². The standard InChI is InChI=1S/C10H18O/c1-2-3-6-9-11-10-7-4-5-8-10/h9-10H,1-8H2. The highest BCUT2D eigenvalue weighted by Gasteiger charge is 2.14. The zero-order valence-electron chi connectivity index (χ0n) is 7.22. The molecule has 1 rings (SSSR count). The second-order valence-corrected chi connectivity index (χ2v) is 3.20. The highest BCUT2D eigenvalue weighted by Crippen LogP contribution is 2.21. The highest BCUT2D eigenvalue weighted by molar-refractivity contribution is 4.68. The lowest BCUT2D eigenvalue weighted by Gasteiger charge is -2.09. The Hall–Kier alpha value is -0.0400. The van der Waals surface area contributed by atoms with E-state index in [1.54, 1.807) is 0 Å². The summed E-state index contributed by atoms with van der Waals surface area (Å²) in [7, 11) is 0. The molecule has 0 aliphatic heterocycles. The van der Waals surface area contributed by atoms with Crippen molar-refractivity contribution in [3.63, 3.8) is 0 Å². The van der Waals surface area contributed by atoms with E-state index in [1.807, 2.05) is 6.61 Å². The van der Waals surface area contributed by atoms with E-state index in [9.17, 15) is 0 Å². The quantitative estimate of drug-likeness (QED) is 0.553. The van der Waals surface area contributed by atoms with E-state index in [1.165, 1.54) is 25.7 Å². The lowest BCUT2D eigenvalue weighted by molar-refractivity contribution is 0.105. The molecule has 0 amide bonds. The van der Waals surface area contributed by atoms with E-state index >= 15 is 0 Å². The first-order chi connectivity index (χ1) is 5.43. The van der Waals surface area contributed by atoms with Crippen molar-refractivity contribution in [3.8, 4) is 0 Å². The molecule has 11 heavy (non-hydrogen) atoms. The minimum absolute atomic E-state index is 0.541. The van der Waals surface area contributed by atoms with Gasteiger partial charge in [0.05, 0.1) is 12.7 Å². The highest BCUT2D eigenvalue weighted by atomic mass is 16.5. The number of hydrogen-bond acceptors (Lipinski definition) is 1. The van der Waals surface area contributed by atoms with E-state index in [2.05, 4.69) is 6.92 Å². The normalized spacial score (nSPS) is 19.4. The van der Waals surface area contributed by atoms with Crippen LogP contribution >= 0.6 is 0 Å². The third-order valence-corrected chi connectivity index (χ3v) is 2.16. The molecule has 0 N–H and O–H groups in total. The molecule has 2 radical (unpaired) electrons. The van der Waals surface area contributed by atoms with Crippen molar-refractivity contribution in [3.05, 3.63) is 13.5 Å². The maximum atomic E-state index is 5.55. The van der Waals surface area contributed by atoms with Gasteiger partial charge in [-0.3, -0.25) is 0 Å². The average Bonchev–Trinajstić information content (AvgIpc) is 2.50. The van der Waals surface area contributed by atoms with Gasteiger partial charge in [-0.1, -0.05) is 32.6 Å². The number of rotatable bonds is 5. The molecular weight excluding hydrogens is 136 g/mol. The molecule has 0 aromatic rings. The second kappa shape index (κ2) is 5.59. The maximum Gasteiger partial charge on any atom is 0.0840 e. The lowest BCUT2D eigenvalue weighted by Crippen LogP contribution is -2.04. The first-order valence-corrected chi connectivity index (χ1v) is 4.70. The molecule has 1 fully saturated rings. The zero-order valence-corrected chi connectivity index (χ0v) is 7.22. The van der Waals surface area contributed by atoms with E-state index in [4.69, 9.17) is 4.74 Å². The molecule has 0 spiro atoms. The molecule has 0 unspecified atom stereocenters. The van der Waals surface area contributed by atoms with Crippen molar-refractivity contribution >= 4 is 0 Å². The van der Waals surface area contributed by atoms with E-state index in [0.717, 1.165) is 19.3 Å². The predicted octanol–water partition coefficient (Wildman–Crippen LogP) is 3.11. The van der Waals surface area contributed by atoms with Crippen molar-refractivity contribution in [1.29, 1.82) is 0 Å². The summed E-state index contributed by atoms with van der Waals surface area (Å²) in [6, 6.07) is 0. The van der Waals surface area contributed by atoms with Gasteiger partial charge in [-0.25, -0.2) is 0 Å². The Bertz CT molecular complexity index is 84.9. The monoisotopic (exact) mass is 154 g/mol. The average molecular weight is 154 g/mol. The van der Waals surface area contributed by atoms with Gasteiger partial charge in [-0.05, 0) is 19.3 Å². The van der Waals surface area contributed by atoms with Crippen LogP contribution in [0.5, 0.6) is 0 Å². The van der Waals surface area contributed by atoms with Crippen LogP contribution in [0.3, 0.4) is 0 Å². The number of ether oxygens (including phenoxy) is 1. The zero-order chi connectivity index (χ0) is 7.94. The summed E-state index contributed by atoms with van der Waals surface area (Å²) >= 11 is 0. The number of hydrogen-bond donors (Lipinski definition) is 0. The van der Waals surface area contributed by atoms with Gasteiger partial charge in [-0.2, -0.15) is 0 Å². The Labute approximate surface area is 70.1 Å². The summed E-state index contributed by atoms with van der Waals surface area (Å²) in [6.45, 7) is 5.75.